The fourth-order valence-electron chi connectivity index (χ4n) is 3.80. The van der Waals surface area contributed by atoms with Crippen LogP contribution in [0.15, 0.2) is 57.7 Å². The van der Waals surface area contributed by atoms with E-state index in [1.807, 2.05) is 30.3 Å². The molecule has 2 aromatic heterocycles. The van der Waals surface area contributed by atoms with Gasteiger partial charge in [0, 0.05) is 12.8 Å². The molecule has 0 bridgehead atoms. The Morgan fingerprint density at radius 2 is 2.04 bits per heavy atom. The highest BCUT2D eigenvalue weighted by Crippen LogP contribution is 2.28. The highest BCUT2D eigenvalue weighted by molar-refractivity contribution is 7.18. The van der Waals surface area contributed by atoms with Crippen LogP contribution in [-0.4, -0.2) is 16.1 Å². The summed E-state index contributed by atoms with van der Waals surface area (Å²) < 4.78 is 8.37. The first-order chi connectivity index (χ1) is 12.3. The third kappa shape index (κ3) is 2.49. The third-order valence-corrected chi connectivity index (χ3v) is 6.18. The maximum Gasteiger partial charge on any atom is 0.424 e. The average molecular weight is 352 g/mol. The van der Waals surface area contributed by atoms with Crippen molar-refractivity contribution in [2.24, 2.45) is 0 Å². The number of para-hydroxylation sites is 3. The predicted molar refractivity (Wildman–Crippen MR) is 97.9 cm³/mol. The van der Waals surface area contributed by atoms with E-state index in [-0.39, 0.29) is 5.76 Å². The molecule has 6 heteroatoms. The predicted octanol–water partition coefficient (Wildman–Crippen LogP) is 2.58. The van der Waals surface area contributed by atoms with Crippen LogP contribution in [0.5, 0.6) is 0 Å². The second-order valence-electron chi connectivity index (χ2n) is 6.54. The topological polar surface area (TPSA) is 52.5 Å². The van der Waals surface area contributed by atoms with Crippen molar-refractivity contribution in [1.82, 2.24) is 9.55 Å². The van der Waals surface area contributed by atoms with Gasteiger partial charge < -0.3 is 9.32 Å². The lowest BCUT2D eigenvalue weighted by atomic mass is 10.2. The molecule has 2 aromatic carbocycles. The largest absolute Gasteiger partial charge is 0.424 e. The molecule has 25 heavy (non-hydrogen) atoms. The van der Waals surface area contributed by atoms with E-state index in [0.717, 1.165) is 30.4 Å². The van der Waals surface area contributed by atoms with Crippen LogP contribution in [0.1, 0.15) is 23.9 Å². The number of quaternary nitrogens is 1. The molecule has 5 nitrogen and oxygen atoms in total. The van der Waals surface area contributed by atoms with Crippen LogP contribution in [0.2, 0.25) is 0 Å². The maximum absolute atomic E-state index is 12.3. The van der Waals surface area contributed by atoms with Crippen LogP contribution in [0.3, 0.4) is 0 Å². The highest BCUT2D eigenvalue weighted by atomic mass is 32.1. The summed E-state index contributed by atoms with van der Waals surface area (Å²) in [5, 5.41) is 1.18. The van der Waals surface area contributed by atoms with E-state index >= 15 is 0 Å². The number of benzene rings is 2. The van der Waals surface area contributed by atoms with Crippen molar-refractivity contribution in [3.8, 4) is 0 Å². The summed E-state index contributed by atoms with van der Waals surface area (Å²) in [6.45, 7) is 1.67. The number of hydrogen-bond acceptors (Lipinski definition) is 4. The first-order valence-electron chi connectivity index (χ1n) is 8.58. The minimum atomic E-state index is -0.274. The van der Waals surface area contributed by atoms with Crippen molar-refractivity contribution >= 4 is 32.7 Å². The van der Waals surface area contributed by atoms with Gasteiger partial charge in [-0.15, -0.1) is 11.3 Å². The summed E-state index contributed by atoms with van der Waals surface area (Å²) in [7, 11) is 0. The summed E-state index contributed by atoms with van der Waals surface area (Å²) >= 11 is 1.78. The number of oxazole rings is 1. The molecule has 0 aliphatic carbocycles. The molecule has 126 valence electrons. The average Bonchev–Trinajstić information content (AvgIpc) is 3.32. The van der Waals surface area contributed by atoms with E-state index < -0.39 is 0 Å². The molecule has 0 radical (unpaired) electrons. The van der Waals surface area contributed by atoms with Gasteiger partial charge in [0.05, 0.1) is 22.3 Å². The molecular formula is C19H18N3O2S+. The van der Waals surface area contributed by atoms with Crippen LogP contribution in [0.25, 0.3) is 21.3 Å². The summed E-state index contributed by atoms with van der Waals surface area (Å²) in [6, 6.07) is 16.2. The SMILES string of the molecule is O=c1oc2ccccc2n1C[NH+]1CCC[C@H]1c1nc2ccccc2s1. The number of nitrogens with one attached hydrogen (secondary N) is 1. The first-order valence-corrected chi connectivity index (χ1v) is 9.40. The quantitative estimate of drug-likeness (QED) is 0.617. The summed E-state index contributed by atoms with van der Waals surface area (Å²) in [6.07, 6.45) is 2.26. The standard InChI is InChI=1S/C19H17N3O2S/c23-19-22(14-7-2-3-9-16(14)24-19)12-21-11-5-8-15(21)18-20-13-6-1-4-10-17(13)25-18/h1-4,6-7,9-10,15H,5,8,11-12H2/p+1/t15-/m0/s1. The number of rotatable bonds is 3. The van der Waals surface area contributed by atoms with Gasteiger partial charge in [-0.3, -0.25) is 0 Å². The van der Waals surface area contributed by atoms with E-state index in [4.69, 9.17) is 9.40 Å². The zero-order valence-corrected chi connectivity index (χ0v) is 14.5. The van der Waals surface area contributed by atoms with Crippen LogP contribution in [-0.2, 0) is 6.67 Å². The number of likely N-dealkylation sites (tertiary alicyclic amines) is 1. The minimum absolute atomic E-state index is 0.274. The van der Waals surface area contributed by atoms with E-state index in [1.165, 1.54) is 14.6 Å². The Balaban J connectivity index is 1.50. The molecule has 1 saturated heterocycles. The molecule has 1 N–H and O–H groups in total. The fraction of sp³-hybridized carbons (Fsp3) is 0.263. The Hall–Kier alpha value is -2.44. The van der Waals surface area contributed by atoms with Gasteiger partial charge in [0.1, 0.15) is 6.04 Å². The van der Waals surface area contributed by atoms with Gasteiger partial charge >= 0.3 is 5.76 Å². The molecule has 0 amide bonds. The Morgan fingerprint density at radius 1 is 1.20 bits per heavy atom. The summed E-state index contributed by atoms with van der Waals surface area (Å²) in [5.74, 6) is -0.274. The zero-order valence-electron chi connectivity index (χ0n) is 13.6. The van der Waals surface area contributed by atoms with Crippen molar-refractivity contribution < 1.29 is 9.32 Å². The van der Waals surface area contributed by atoms with E-state index in [2.05, 4.69) is 18.2 Å². The van der Waals surface area contributed by atoms with Crippen molar-refractivity contribution in [2.45, 2.75) is 25.6 Å². The van der Waals surface area contributed by atoms with Gasteiger partial charge in [0.2, 0.25) is 0 Å². The Bertz CT molecular complexity index is 1080. The van der Waals surface area contributed by atoms with Gasteiger partial charge in [0.15, 0.2) is 17.3 Å². The number of hydrogen-bond donors (Lipinski definition) is 1. The Kier molecular flexibility index (Phi) is 3.46. The van der Waals surface area contributed by atoms with Crippen molar-refractivity contribution in [3.05, 3.63) is 64.1 Å². The van der Waals surface area contributed by atoms with Crippen molar-refractivity contribution in [2.75, 3.05) is 6.54 Å². The first kappa shape index (κ1) is 14.9. The number of fused-ring (bicyclic) bond motifs is 2. The fourth-order valence-corrected chi connectivity index (χ4v) is 4.97. The number of nitrogens with zero attached hydrogens (tertiary/aromatic N) is 2. The van der Waals surface area contributed by atoms with Gasteiger partial charge in [-0.1, -0.05) is 24.3 Å². The minimum Gasteiger partial charge on any atom is -0.408 e. The lowest BCUT2D eigenvalue weighted by Gasteiger charge is -2.19. The maximum atomic E-state index is 12.3. The lowest BCUT2D eigenvalue weighted by Crippen LogP contribution is -3.09. The third-order valence-electron chi connectivity index (χ3n) is 5.03. The second-order valence-corrected chi connectivity index (χ2v) is 7.61. The highest BCUT2D eigenvalue weighted by Gasteiger charge is 2.33. The molecule has 1 unspecified atom stereocenters. The number of aromatic nitrogens is 2. The lowest BCUT2D eigenvalue weighted by molar-refractivity contribution is -0.940. The summed E-state index contributed by atoms with van der Waals surface area (Å²) in [5.41, 5.74) is 2.59. The van der Waals surface area contributed by atoms with Gasteiger partial charge in [-0.05, 0) is 24.3 Å². The Labute approximate surface area is 148 Å². The van der Waals surface area contributed by atoms with E-state index in [0.29, 0.717) is 18.3 Å². The van der Waals surface area contributed by atoms with E-state index in [9.17, 15) is 4.79 Å². The van der Waals surface area contributed by atoms with Crippen LogP contribution < -0.4 is 10.7 Å². The summed E-state index contributed by atoms with van der Waals surface area (Å²) in [4.78, 5) is 18.5. The molecule has 1 fully saturated rings. The van der Waals surface area contributed by atoms with Gasteiger partial charge in [0.25, 0.3) is 0 Å². The smallest absolute Gasteiger partial charge is 0.408 e. The van der Waals surface area contributed by atoms with Crippen molar-refractivity contribution in [3.63, 3.8) is 0 Å². The van der Waals surface area contributed by atoms with Gasteiger partial charge in [-0.2, -0.15) is 0 Å². The zero-order chi connectivity index (χ0) is 16.8. The normalized spacial score (nSPS) is 20.6. The van der Waals surface area contributed by atoms with Crippen LogP contribution in [0, 0.1) is 0 Å². The Morgan fingerprint density at radius 3 is 2.96 bits per heavy atom. The molecular weight excluding hydrogens is 334 g/mol. The monoisotopic (exact) mass is 352 g/mol. The number of thiazole rings is 1. The molecule has 2 atom stereocenters. The molecule has 5 rings (SSSR count). The second kappa shape index (κ2) is 5.82. The molecule has 0 saturated carbocycles. The van der Waals surface area contributed by atoms with Crippen LogP contribution >= 0.6 is 11.3 Å². The molecule has 1 aliphatic rings. The molecule has 4 aromatic rings. The van der Waals surface area contributed by atoms with Gasteiger partial charge in [-0.25, -0.2) is 14.3 Å². The van der Waals surface area contributed by atoms with Crippen LogP contribution in [0.4, 0.5) is 0 Å². The molecule has 1 aliphatic heterocycles. The van der Waals surface area contributed by atoms with E-state index in [1.54, 1.807) is 15.9 Å². The van der Waals surface area contributed by atoms with Crippen molar-refractivity contribution in [1.29, 1.82) is 0 Å². The molecule has 3 heterocycles. The molecule has 0 spiro atoms.